The number of hydrogen-bond donors (Lipinski definition) is 2. The van der Waals surface area contributed by atoms with Crippen molar-refractivity contribution >= 4 is 23.1 Å². The van der Waals surface area contributed by atoms with Crippen molar-refractivity contribution in [3.05, 3.63) is 48.5 Å². The average Bonchev–Trinajstić information content (AvgIpc) is 3.33. The minimum atomic E-state index is 0.655. The Hall–Kier alpha value is -2.52. The zero-order chi connectivity index (χ0) is 26.5. The van der Waals surface area contributed by atoms with Crippen molar-refractivity contribution in [2.24, 2.45) is 0 Å². The Morgan fingerprint density at radius 2 is 1.43 bits per heavy atom. The number of aromatic nitrogens is 2. The number of methoxy groups -OCH3 is 1. The van der Waals surface area contributed by atoms with Crippen LogP contribution < -0.4 is 15.1 Å². The van der Waals surface area contributed by atoms with E-state index in [4.69, 9.17) is 14.5 Å². The molecular weight excluding hydrogens is 482 g/mol. The van der Waals surface area contributed by atoms with Crippen LogP contribution in [0, 0.1) is 0 Å². The largest absolute Gasteiger partial charge is 0.382 e. The minimum absolute atomic E-state index is 0.655. The van der Waals surface area contributed by atoms with Crippen LogP contribution in [-0.2, 0) is 9.47 Å². The second kappa shape index (κ2) is 15.7. The third-order valence-electron chi connectivity index (χ3n) is 6.10. The van der Waals surface area contributed by atoms with Gasteiger partial charge in [-0.15, -0.1) is 0 Å². The van der Waals surface area contributed by atoms with Crippen LogP contribution in [0.5, 0.6) is 0 Å². The van der Waals surface area contributed by atoms with E-state index >= 15 is 0 Å². The predicted molar refractivity (Wildman–Crippen MR) is 158 cm³/mol. The lowest BCUT2D eigenvalue weighted by atomic mass is 10.0. The quantitative estimate of drug-likeness (QED) is 0.181. The molecule has 0 bridgehead atoms. The van der Waals surface area contributed by atoms with Gasteiger partial charge < -0.3 is 29.6 Å². The molecule has 0 amide bonds. The van der Waals surface area contributed by atoms with Crippen LogP contribution >= 0.6 is 11.8 Å². The van der Waals surface area contributed by atoms with E-state index in [1.54, 1.807) is 18.9 Å². The molecule has 3 rings (SSSR count). The lowest BCUT2D eigenvalue weighted by molar-refractivity contribution is 0.0720. The minimum Gasteiger partial charge on any atom is -0.382 e. The maximum absolute atomic E-state index is 5.47. The highest BCUT2D eigenvalue weighted by atomic mass is 32.2. The summed E-state index contributed by atoms with van der Waals surface area (Å²) >= 11 is 1.80. The Kier molecular flexibility index (Phi) is 12.3. The Bertz CT molecular complexity index is 966. The molecule has 2 N–H and O–H groups in total. The number of anilines is 2. The second-order valence-electron chi connectivity index (χ2n) is 9.41. The number of rotatable bonds is 17. The summed E-state index contributed by atoms with van der Waals surface area (Å²) in [5, 5.41) is 4.42. The van der Waals surface area contributed by atoms with Crippen LogP contribution in [0.1, 0.15) is 19.3 Å². The van der Waals surface area contributed by atoms with Gasteiger partial charge in [-0.2, -0.15) is 0 Å². The highest BCUT2D eigenvalue weighted by molar-refractivity contribution is 7.99. The van der Waals surface area contributed by atoms with Gasteiger partial charge in [0.05, 0.1) is 31.2 Å². The standard InChI is InChI=1S/C29H43N5O2S/c1-33(2)25-13-9-23(10-14-25)27-28(24-11-15-26(16-12-24)34(3)4)32-29(31-27)37-22-8-6-7-17-30-18-19-36-21-20-35-5/h9-16,30H,6-8,17-22H2,1-5H3,(H,31,32). The first-order chi connectivity index (χ1) is 18.0. The van der Waals surface area contributed by atoms with E-state index in [1.165, 1.54) is 24.2 Å². The summed E-state index contributed by atoms with van der Waals surface area (Å²) in [4.78, 5) is 12.9. The van der Waals surface area contributed by atoms with Crippen molar-refractivity contribution in [1.29, 1.82) is 0 Å². The maximum atomic E-state index is 5.47. The topological polar surface area (TPSA) is 65.7 Å². The molecule has 0 saturated carbocycles. The number of hydrogen-bond acceptors (Lipinski definition) is 7. The van der Waals surface area contributed by atoms with Crippen molar-refractivity contribution in [3.63, 3.8) is 0 Å². The summed E-state index contributed by atoms with van der Waals surface area (Å²) in [5.74, 6) is 1.05. The Balaban J connectivity index is 1.56. The maximum Gasteiger partial charge on any atom is 0.166 e. The van der Waals surface area contributed by atoms with E-state index in [1.807, 2.05) is 0 Å². The van der Waals surface area contributed by atoms with Crippen LogP contribution in [0.2, 0.25) is 0 Å². The zero-order valence-corrected chi connectivity index (χ0v) is 23.9. The van der Waals surface area contributed by atoms with Crippen molar-refractivity contribution in [1.82, 2.24) is 15.3 Å². The van der Waals surface area contributed by atoms with Gasteiger partial charge in [0, 0.05) is 70.1 Å². The van der Waals surface area contributed by atoms with Gasteiger partial charge in [-0.05, 0) is 43.7 Å². The third-order valence-corrected chi connectivity index (χ3v) is 7.06. The molecule has 0 radical (unpaired) electrons. The van der Waals surface area contributed by atoms with Gasteiger partial charge in [0.1, 0.15) is 0 Å². The molecule has 0 saturated heterocycles. The summed E-state index contributed by atoms with van der Waals surface area (Å²) in [7, 11) is 9.94. The van der Waals surface area contributed by atoms with Crippen LogP contribution in [0.25, 0.3) is 22.5 Å². The summed E-state index contributed by atoms with van der Waals surface area (Å²) in [6, 6.07) is 17.3. The number of nitrogens with one attached hydrogen (secondary N) is 2. The zero-order valence-electron chi connectivity index (χ0n) is 23.0. The molecule has 202 valence electrons. The molecule has 1 aromatic heterocycles. The molecule has 0 fully saturated rings. The lowest BCUT2D eigenvalue weighted by Crippen LogP contribution is -2.21. The van der Waals surface area contributed by atoms with Gasteiger partial charge in [0.2, 0.25) is 0 Å². The van der Waals surface area contributed by atoms with Crippen molar-refractivity contribution in [2.75, 3.05) is 83.8 Å². The number of ether oxygens (including phenoxy) is 2. The molecule has 0 aliphatic heterocycles. The average molecular weight is 526 g/mol. The Labute approximate surface area is 227 Å². The van der Waals surface area contributed by atoms with Crippen molar-refractivity contribution in [2.45, 2.75) is 24.4 Å². The van der Waals surface area contributed by atoms with Crippen molar-refractivity contribution in [3.8, 4) is 22.5 Å². The van der Waals surface area contributed by atoms with E-state index in [-0.39, 0.29) is 0 Å². The Morgan fingerprint density at radius 1 is 0.784 bits per heavy atom. The van der Waals surface area contributed by atoms with Gasteiger partial charge in [0.15, 0.2) is 5.16 Å². The summed E-state index contributed by atoms with van der Waals surface area (Å²) in [6.07, 6.45) is 3.53. The number of thioether (sulfide) groups is 1. The van der Waals surface area contributed by atoms with E-state index in [0.717, 1.165) is 59.5 Å². The van der Waals surface area contributed by atoms with Gasteiger partial charge in [0.25, 0.3) is 0 Å². The lowest BCUT2D eigenvalue weighted by Gasteiger charge is -2.13. The summed E-state index contributed by atoms with van der Waals surface area (Å²) in [6.45, 7) is 3.97. The van der Waals surface area contributed by atoms with Crippen LogP contribution in [-0.4, -0.2) is 83.9 Å². The van der Waals surface area contributed by atoms with Gasteiger partial charge in [-0.1, -0.05) is 42.4 Å². The van der Waals surface area contributed by atoms with Crippen LogP contribution in [0.15, 0.2) is 53.7 Å². The van der Waals surface area contributed by atoms with Crippen LogP contribution in [0.3, 0.4) is 0 Å². The second-order valence-corrected chi connectivity index (χ2v) is 10.5. The van der Waals surface area contributed by atoms with E-state index in [9.17, 15) is 0 Å². The van der Waals surface area contributed by atoms with E-state index < -0.39 is 0 Å². The van der Waals surface area contributed by atoms with Crippen LogP contribution in [0.4, 0.5) is 11.4 Å². The molecule has 8 heteroatoms. The fourth-order valence-electron chi connectivity index (χ4n) is 3.89. The Morgan fingerprint density at radius 3 is 2.05 bits per heavy atom. The summed E-state index contributed by atoms with van der Waals surface area (Å²) in [5.41, 5.74) is 6.71. The normalized spacial score (nSPS) is 11.2. The molecule has 0 aliphatic carbocycles. The van der Waals surface area contributed by atoms with Crippen molar-refractivity contribution < 1.29 is 9.47 Å². The van der Waals surface area contributed by atoms with Gasteiger partial charge in [-0.25, -0.2) is 4.98 Å². The molecule has 37 heavy (non-hydrogen) atoms. The first-order valence-corrected chi connectivity index (χ1v) is 14.0. The molecule has 0 spiro atoms. The number of H-pyrrole nitrogens is 1. The molecular formula is C29H43N5O2S. The number of unbranched alkanes of at least 4 members (excludes halogenated alkanes) is 2. The predicted octanol–water partition coefficient (Wildman–Crippen LogP) is 5.39. The highest BCUT2D eigenvalue weighted by Gasteiger charge is 2.15. The fourth-order valence-corrected chi connectivity index (χ4v) is 4.76. The molecule has 2 aromatic carbocycles. The highest BCUT2D eigenvalue weighted by Crippen LogP contribution is 2.34. The molecule has 3 aromatic rings. The van der Waals surface area contributed by atoms with E-state index in [0.29, 0.717) is 13.2 Å². The fraction of sp³-hybridized carbons (Fsp3) is 0.483. The summed E-state index contributed by atoms with van der Waals surface area (Å²) < 4.78 is 10.4. The number of benzene rings is 2. The first-order valence-electron chi connectivity index (χ1n) is 13.1. The smallest absolute Gasteiger partial charge is 0.166 e. The SMILES string of the molecule is COCCOCCNCCCCCSc1nc(-c2ccc(N(C)C)cc2)c(-c2ccc(N(C)C)cc2)[nH]1. The molecule has 7 nitrogen and oxygen atoms in total. The third kappa shape index (κ3) is 9.38. The van der Waals surface area contributed by atoms with Gasteiger partial charge in [-0.3, -0.25) is 0 Å². The number of imidazole rings is 1. The number of aromatic amines is 1. The molecule has 0 aliphatic rings. The molecule has 0 atom stereocenters. The molecule has 1 heterocycles. The first kappa shape index (κ1) is 29.0. The molecule has 0 unspecified atom stereocenters. The van der Waals surface area contributed by atoms with Gasteiger partial charge >= 0.3 is 0 Å². The number of nitrogens with zero attached hydrogens (tertiary/aromatic N) is 3. The van der Waals surface area contributed by atoms with E-state index in [2.05, 4.69) is 96.8 Å². The monoisotopic (exact) mass is 525 g/mol.